The lowest BCUT2D eigenvalue weighted by Crippen LogP contribution is -2.24. The van der Waals surface area contributed by atoms with Gasteiger partial charge in [-0.25, -0.2) is 9.97 Å². The Bertz CT molecular complexity index is 1060. The highest BCUT2D eigenvalue weighted by Crippen LogP contribution is 2.44. The van der Waals surface area contributed by atoms with Crippen LogP contribution < -0.4 is 10.2 Å². The van der Waals surface area contributed by atoms with Crippen LogP contribution >= 0.6 is 0 Å². The number of aliphatic hydroxyl groups is 1. The Hall–Kier alpha value is -3.00. The fourth-order valence-corrected chi connectivity index (χ4v) is 3.79. The van der Waals surface area contributed by atoms with E-state index >= 15 is 0 Å². The first kappa shape index (κ1) is 17.1. The number of rotatable bonds is 4. The Kier molecular flexibility index (Phi) is 4.01. The molecular formula is C20H22N6O2. The van der Waals surface area contributed by atoms with Gasteiger partial charge in [0.25, 0.3) is 5.91 Å². The molecule has 1 saturated heterocycles. The minimum absolute atomic E-state index is 0.256. The molecule has 8 heteroatoms. The standard InChI is InChI=1S/C20H22N6O2/c1-25-10-13-8-18(15(12-2-3-12)9-17(13)24-25)22-19(28)16-4-6-21-20(23-16)26-7-5-14(27)11-26/h4,6,8-10,12,14,27H,2-3,5,7,11H2,1H3,(H,22,28). The van der Waals surface area contributed by atoms with Crippen molar-refractivity contribution in [3.05, 3.63) is 41.9 Å². The van der Waals surface area contributed by atoms with Crippen molar-refractivity contribution in [2.75, 3.05) is 23.3 Å². The van der Waals surface area contributed by atoms with Gasteiger partial charge in [0.15, 0.2) is 0 Å². The Balaban J connectivity index is 1.43. The second-order valence-electron chi connectivity index (χ2n) is 7.66. The summed E-state index contributed by atoms with van der Waals surface area (Å²) < 4.78 is 1.79. The van der Waals surface area contributed by atoms with Crippen LogP contribution in [0.15, 0.2) is 30.6 Å². The average Bonchev–Trinajstić information content (AvgIpc) is 3.33. The molecular weight excluding hydrogens is 356 g/mol. The Morgan fingerprint density at radius 1 is 1.29 bits per heavy atom. The van der Waals surface area contributed by atoms with E-state index in [1.54, 1.807) is 16.9 Å². The second-order valence-corrected chi connectivity index (χ2v) is 7.66. The van der Waals surface area contributed by atoms with Crippen LogP contribution in [0.5, 0.6) is 0 Å². The molecule has 1 amide bonds. The summed E-state index contributed by atoms with van der Waals surface area (Å²) in [5, 5.41) is 18.2. The van der Waals surface area contributed by atoms with Gasteiger partial charge in [-0.1, -0.05) is 0 Å². The Morgan fingerprint density at radius 2 is 2.14 bits per heavy atom. The van der Waals surface area contributed by atoms with E-state index in [1.165, 1.54) is 0 Å². The zero-order valence-corrected chi connectivity index (χ0v) is 15.7. The van der Waals surface area contributed by atoms with Gasteiger partial charge < -0.3 is 15.3 Å². The molecule has 2 N–H and O–H groups in total. The molecule has 0 radical (unpaired) electrons. The predicted octanol–water partition coefficient (Wildman–Crippen LogP) is 2.06. The zero-order valence-electron chi connectivity index (χ0n) is 15.7. The molecule has 0 spiro atoms. The van der Waals surface area contributed by atoms with Crippen LogP contribution in [0, 0.1) is 0 Å². The number of carbonyl (C=O) groups is 1. The molecule has 1 saturated carbocycles. The van der Waals surface area contributed by atoms with E-state index in [4.69, 9.17) is 0 Å². The number of hydrogen-bond acceptors (Lipinski definition) is 6. The summed E-state index contributed by atoms with van der Waals surface area (Å²) in [5.74, 6) is 0.705. The van der Waals surface area contributed by atoms with Crippen LogP contribution in [-0.2, 0) is 7.05 Å². The molecule has 8 nitrogen and oxygen atoms in total. The summed E-state index contributed by atoms with van der Waals surface area (Å²) in [6.07, 6.45) is 6.13. The predicted molar refractivity (Wildman–Crippen MR) is 106 cm³/mol. The van der Waals surface area contributed by atoms with Gasteiger partial charge in [0.1, 0.15) is 5.69 Å². The molecule has 1 aromatic carbocycles. The summed E-state index contributed by atoms with van der Waals surface area (Å²) in [6.45, 7) is 1.18. The summed E-state index contributed by atoms with van der Waals surface area (Å²) in [5.41, 5.74) is 3.22. The van der Waals surface area contributed by atoms with Crippen molar-refractivity contribution < 1.29 is 9.90 Å². The van der Waals surface area contributed by atoms with Gasteiger partial charge in [-0.2, -0.15) is 5.10 Å². The lowest BCUT2D eigenvalue weighted by atomic mass is 10.1. The van der Waals surface area contributed by atoms with Crippen molar-refractivity contribution in [3.63, 3.8) is 0 Å². The fourth-order valence-electron chi connectivity index (χ4n) is 3.79. The van der Waals surface area contributed by atoms with Gasteiger partial charge in [0, 0.05) is 43.6 Å². The van der Waals surface area contributed by atoms with Crippen LogP contribution in [0.2, 0.25) is 0 Å². The number of aryl methyl sites for hydroxylation is 1. The van der Waals surface area contributed by atoms with Crippen molar-refractivity contribution in [1.82, 2.24) is 19.7 Å². The number of amides is 1. The van der Waals surface area contributed by atoms with E-state index in [1.807, 2.05) is 24.2 Å². The second kappa shape index (κ2) is 6.56. The molecule has 2 aliphatic rings. The number of nitrogens with zero attached hydrogens (tertiary/aromatic N) is 5. The lowest BCUT2D eigenvalue weighted by molar-refractivity contribution is 0.102. The molecule has 1 atom stereocenters. The Morgan fingerprint density at radius 3 is 2.89 bits per heavy atom. The van der Waals surface area contributed by atoms with Crippen molar-refractivity contribution in [1.29, 1.82) is 0 Å². The first-order valence-electron chi connectivity index (χ1n) is 9.61. The highest BCUT2D eigenvalue weighted by molar-refractivity contribution is 6.04. The molecule has 3 heterocycles. The molecule has 28 heavy (non-hydrogen) atoms. The van der Waals surface area contributed by atoms with E-state index < -0.39 is 0 Å². The zero-order chi connectivity index (χ0) is 19.3. The van der Waals surface area contributed by atoms with Crippen LogP contribution in [0.3, 0.4) is 0 Å². The van der Waals surface area contributed by atoms with Crippen molar-refractivity contribution in [2.24, 2.45) is 7.05 Å². The normalized spacial score (nSPS) is 19.4. The summed E-state index contributed by atoms with van der Waals surface area (Å²) in [7, 11) is 1.90. The topological polar surface area (TPSA) is 96.2 Å². The maximum atomic E-state index is 12.9. The van der Waals surface area contributed by atoms with Gasteiger partial charge in [-0.3, -0.25) is 9.48 Å². The van der Waals surface area contributed by atoms with Crippen molar-refractivity contribution in [3.8, 4) is 0 Å². The number of benzene rings is 1. The molecule has 3 aromatic rings. The highest BCUT2D eigenvalue weighted by atomic mass is 16.3. The fraction of sp³-hybridized carbons (Fsp3) is 0.400. The number of aromatic nitrogens is 4. The molecule has 0 bridgehead atoms. The van der Waals surface area contributed by atoms with Crippen molar-refractivity contribution >= 4 is 28.4 Å². The van der Waals surface area contributed by atoms with Crippen LogP contribution in [-0.4, -0.2) is 50.0 Å². The molecule has 2 fully saturated rings. The first-order chi connectivity index (χ1) is 13.6. The van der Waals surface area contributed by atoms with E-state index in [-0.39, 0.29) is 12.0 Å². The Labute approximate surface area is 162 Å². The van der Waals surface area contributed by atoms with Crippen LogP contribution in [0.25, 0.3) is 10.9 Å². The van der Waals surface area contributed by atoms with Crippen molar-refractivity contribution in [2.45, 2.75) is 31.3 Å². The highest BCUT2D eigenvalue weighted by Gasteiger charge is 2.28. The van der Waals surface area contributed by atoms with E-state index in [0.29, 0.717) is 37.1 Å². The number of aliphatic hydroxyl groups excluding tert-OH is 1. The number of anilines is 2. The molecule has 1 aliphatic carbocycles. The third kappa shape index (κ3) is 3.20. The number of hydrogen-bond donors (Lipinski definition) is 2. The smallest absolute Gasteiger partial charge is 0.274 e. The van der Waals surface area contributed by atoms with E-state index in [0.717, 1.165) is 35.0 Å². The molecule has 5 rings (SSSR count). The molecule has 1 unspecified atom stereocenters. The third-order valence-electron chi connectivity index (χ3n) is 5.38. The maximum absolute atomic E-state index is 12.9. The monoisotopic (exact) mass is 378 g/mol. The minimum Gasteiger partial charge on any atom is -0.391 e. The van der Waals surface area contributed by atoms with E-state index in [9.17, 15) is 9.90 Å². The largest absolute Gasteiger partial charge is 0.391 e. The molecule has 1 aliphatic heterocycles. The van der Waals surface area contributed by atoms with Crippen LogP contribution in [0.4, 0.5) is 11.6 Å². The number of fused-ring (bicyclic) bond motifs is 1. The number of β-amino-alcohol motifs (C(OH)–C–C–N with tert-alkyl or cyclic N) is 1. The number of carbonyl (C=O) groups excluding carboxylic acids is 1. The maximum Gasteiger partial charge on any atom is 0.274 e. The quantitative estimate of drug-likeness (QED) is 0.721. The molecule has 144 valence electrons. The third-order valence-corrected chi connectivity index (χ3v) is 5.38. The minimum atomic E-state index is -0.367. The SMILES string of the molecule is Cn1cc2cc(NC(=O)c3ccnc(N4CCC(O)C4)n3)c(C3CC3)cc2n1. The summed E-state index contributed by atoms with van der Waals surface area (Å²) in [4.78, 5) is 23.5. The average molecular weight is 378 g/mol. The summed E-state index contributed by atoms with van der Waals surface area (Å²) in [6, 6.07) is 5.69. The van der Waals surface area contributed by atoms with Gasteiger partial charge in [0.2, 0.25) is 5.95 Å². The lowest BCUT2D eigenvalue weighted by Gasteiger charge is -2.16. The van der Waals surface area contributed by atoms with Gasteiger partial charge in [-0.15, -0.1) is 0 Å². The molecule has 2 aromatic heterocycles. The van der Waals surface area contributed by atoms with Gasteiger partial charge in [0.05, 0.1) is 11.6 Å². The summed E-state index contributed by atoms with van der Waals surface area (Å²) >= 11 is 0. The number of nitrogens with one attached hydrogen (secondary N) is 1. The van der Waals surface area contributed by atoms with Gasteiger partial charge >= 0.3 is 0 Å². The van der Waals surface area contributed by atoms with Gasteiger partial charge in [-0.05, 0) is 48.9 Å². The van der Waals surface area contributed by atoms with Crippen LogP contribution in [0.1, 0.15) is 41.2 Å². The van der Waals surface area contributed by atoms with E-state index in [2.05, 4.69) is 26.4 Å². The first-order valence-corrected chi connectivity index (χ1v) is 9.61.